The minimum absolute atomic E-state index is 0.00206. The Bertz CT molecular complexity index is 1180. The van der Waals surface area contributed by atoms with Crippen LogP contribution in [0.25, 0.3) is 10.9 Å². The quantitative estimate of drug-likeness (QED) is 0.495. The molecule has 0 aliphatic heterocycles. The predicted octanol–water partition coefficient (Wildman–Crippen LogP) is 5.56. The van der Waals surface area contributed by atoms with Crippen molar-refractivity contribution in [1.82, 2.24) is 30.1 Å². The summed E-state index contributed by atoms with van der Waals surface area (Å²) in [6.07, 6.45) is 8.04. The van der Waals surface area contributed by atoms with Crippen LogP contribution in [0.3, 0.4) is 0 Å². The summed E-state index contributed by atoms with van der Waals surface area (Å²) in [6.45, 7) is 13.4. The largest absolute Gasteiger partial charge is 0.322 e. The summed E-state index contributed by atoms with van der Waals surface area (Å²) in [5.74, 6) is 0.906. The molecule has 0 radical (unpaired) electrons. The van der Waals surface area contributed by atoms with E-state index < -0.39 is 0 Å². The molecule has 34 heavy (non-hydrogen) atoms. The third kappa shape index (κ3) is 5.09. The highest BCUT2D eigenvalue weighted by Gasteiger charge is 2.34. The summed E-state index contributed by atoms with van der Waals surface area (Å²) in [5.41, 5.74) is 3.95. The lowest BCUT2D eigenvalue weighted by Crippen LogP contribution is -2.42. The number of hydrogen-bond acceptors (Lipinski definition) is 5. The highest BCUT2D eigenvalue weighted by Crippen LogP contribution is 2.35. The summed E-state index contributed by atoms with van der Waals surface area (Å²) in [5, 5.41) is 14.1. The lowest BCUT2D eigenvalue weighted by atomic mass is 9.91. The molecule has 1 aromatic carbocycles. The van der Waals surface area contributed by atoms with E-state index >= 15 is 0 Å². The van der Waals surface area contributed by atoms with Crippen molar-refractivity contribution in [1.29, 1.82) is 0 Å². The van der Waals surface area contributed by atoms with Crippen LogP contribution in [0.5, 0.6) is 0 Å². The summed E-state index contributed by atoms with van der Waals surface area (Å²) < 4.78 is 1.97. The molecule has 1 fully saturated rings. The van der Waals surface area contributed by atoms with Gasteiger partial charge in [-0.1, -0.05) is 32.6 Å². The molecule has 1 atom stereocenters. The van der Waals surface area contributed by atoms with Gasteiger partial charge in [0.05, 0.1) is 11.6 Å². The van der Waals surface area contributed by atoms with Gasteiger partial charge >= 0.3 is 0 Å². The number of aromatic amines is 1. The predicted molar refractivity (Wildman–Crippen MR) is 137 cm³/mol. The minimum Gasteiger partial charge on any atom is -0.322 e. The number of nitrogens with one attached hydrogen (secondary N) is 1. The number of aryl methyl sites for hydroxylation is 2. The first kappa shape index (κ1) is 24.6. The number of tetrazole rings is 1. The van der Waals surface area contributed by atoms with E-state index in [0.717, 1.165) is 48.0 Å². The molecule has 7 nitrogen and oxygen atoms in total. The van der Waals surface area contributed by atoms with Crippen LogP contribution in [0.2, 0.25) is 0 Å². The monoisotopic (exact) mass is 464 g/mol. The second-order valence-corrected chi connectivity index (χ2v) is 11.0. The van der Waals surface area contributed by atoms with Crippen LogP contribution in [0.4, 0.5) is 0 Å². The van der Waals surface area contributed by atoms with E-state index in [4.69, 9.17) is 0 Å². The molecule has 2 heterocycles. The fraction of sp³-hybridized carbons (Fsp3) is 0.630. The number of fused-ring (bicyclic) bond motifs is 1. The molecular formula is C27H40N6O. The highest BCUT2D eigenvalue weighted by molar-refractivity contribution is 5.80. The SMILES string of the molecule is CCC[C@H](c1nnnn1C(C)(C)C)N(Cc1cc2cc(C)c(C)cc2[nH]c1=O)C1CCCCC1. The van der Waals surface area contributed by atoms with Gasteiger partial charge in [-0.3, -0.25) is 9.69 Å². The normalized spacial score (nSPS) is 16.4. The van der Waals surface area contributed by atoms with Crippen LogP contribution in [-0.4, -0.2) is 36.1 Å². The Balaban J connectivity index is 1.78. The molecule has 184 valence electrons. The van der Waals surface area contributed by atoms with Crippen molar-refractivity contribution >= 4 is 10.9 Å². The Morgan fingerprint density at radius 1 is 1.12 bits per heavy atom. The Morgan fingerprint density at radius 3 is 2.50 bits per heavy atom. The molecule has 1 N–H and O–H groups in total. The number of nitrogens with zero attached hydrogens (tertiary/aromatic N) is 5. The van der Waals surface area contributed by atoms with Crippen LogP contribution in [0, 0.1) is 13.8 Å². The number of H-pyrrole nitrogens is 1. The van der Waals surface area contributed by atoms with Crippen molar-refractivity contribution in [2.75, 3.05) is 0 Å². The Hall–Kier alpha value is -2.54. The molecule has 1 aliphatic rings. The van der Waals surface area contributed by atoms with Gasteiger partial charge in [0.15, 0.2) is 5.82 Å². The highest BCUT2D eigenvalue weighted by atomic mass is 16.1. The molecule has 0 bridgehead atoms. The second-order valence-electron chi connectivity index (χ2n) is 11.0. The third-order valence-electron chi connectivity index (χ3n) is 7.32. The maximum Gasteiger partial charge on any atom is 0.252 e. The average molecular weight is 465 g/mol. The summed E-state index contributed by atoms with van der Waals surface area (Å²) in [7, 11) is 0. The van der Waals surface area contributed by atoms with E-state index in [9.17, 15) is 4.79 Å². The molecule has 0 spiro atoms. The van der Waals surface area contributed by atoms with E-state index in [0.29, 0.717) is 12.6 Å². The Morgan fingerprint density at radius 2 is 1.82 bits per heavy atom. The smallest absolute Gasteiger partial charge is 0.252 e. The van der Waals surface area contributed by atoms with Gasteiger partial charge in [0, 0.05) is 23.7 Å². The van der Waals surface area contributed by atoms with E-state index in [-0.39, 0.29) is 17.1 Å². The molecule has 7 heteroatoms. The van der Waals surface area contributed by atoms with Gasteiger partial charge in [0.2, 0.25) is 0 Å². The Kier molecular flexibility index (Phi) is 7.22. The molecule has 0 unspecified atom stereocenters. The van der Waals surface area contributed by atoms with Crippen LogP contribution >= 0.6 is 0 Å². The summed E-state index contributed by atoms with van der Waals surface area (Å²) >= 11 is 0. The van der Waals surface area contributed by atoms with Crippen LogP contribution < -0.4 is 5.56 Å². The van der Waals surface area contributed by atoms with Crippen molar-refractivity contribution in [2.45, 2.75) is 111 Å². The summed E-state index contributed by atoms with van der Waals surface area (Å²) in [4.78, 5) is 18.9. The molecule has 4 rings (SSSR count). The number of aromatic nitrogens is 5. The maximum atomic E-state index is 13.2. The molecule has 3 aromatic rings. The van der Waals surface area contributed by atoms with E-state index in [2.05, 4.69) is 85.2 Å². The Labute approximate surface area is 202 Å². The van der Waals surface area contributed by atoms with Crippen LogP contribution in [0.15, 0.2) is 23.0 Å². The molecule has 1 aliphatic carbocycles. The molecule has 1 saturated carbocycles. The van der Waals surface area contributed by atoms with E-state index in [1.165, 1.54) is 30.4 Å². The van der Waals surface area contributed by atoms with Gasteiger partial charge in [-0.25, -0.2) is 4.68 Å². The zero-order valence-corrected chi connectivity index (χ0v) is 21.7. The van der Waals surface area contributed by atoms with Gasteiger partial charge in [0.25, 0.3) is 5.56 Å². The molecule has 2 aromatic heterocycles. The average Bonchev–Trinajstić information content (AvgIpc) is 3.29. The van der Waals surface area contributed by atoms with E-state index in [1.54, 1.807) is 0 Å². The molecule has 0 saturated heterocycles. The van der Waals surface area contributed by atoms with Crippen molar-refractivity contribution in [3.05, 3.63) is 51.1 Å². The van der Waals surface area contributed by atoms with Crippen molar-refractivity contribution in [2.24, 2.45) is 0 Å². The first-order valence-corrected chi connectivity index (χ1v) is 12.9. The zero-order valence-electron chi connectivity index (χ0n) is 21.7. The first-order valence-electron chi connectivity index (χ1n) is 12.9. The fourth-order valence-corrected chi connectivity index (χ4v) is 5.34. The zero-order chi connectivity index (χ0) is 24.5. The summed E-state index contributed by atoms with van der Waals surface area (Å²) in [6, 6.07) is 6.83. The topological polar surface area (TPSA) is 79.7 Å². The second kappa shape index (κ2) is 9.98. The lowest BCUT2D eigenvalue weighted by Gasteiger charge is -2.40. The van der Waals surface area contributed by atoms with Crippen LogP contribution in [0.1, 0.15) is 101 Å². The molecule has 0 amide bonds. The van der Waals surface area contributed by atoms with Gasteiger partial charge in [-0.15, -0.1) is 5.10 Å². The number of rotatable bonds is 7. The number of benzene rings is 1. The standard InChI is InChI=1S/C27H40N6O/c1-7-11-24(25-29-30-31-33(25)27(4,5)6)32(22-12-9-8-10-13-22)17-21-16-20-14-18(2)19(3)15-23(20)28-26(21)34/h14-16,22,24H,7-13,17H2,1-6H3,(H,28,34)/t24-/m1/s1. The van der Waals surface area contributed by atoms with Crippen molar-refractivity contribution in [3.8, 4) is 0 Å². The fourth-order valence-electron chi connectivity index (χ4n) is 5.34. The van der Waals surface area contributed by atoms with Gasteiger partial charge in [-0.05, 0) is 99.0 Å². The van der Waals surface area contributed by atoms with E-state index in [1.807, 2.05) is 4.68 Å². The minimum atomic E-state index is -0.209. The van der Waals surface area contributed by atoms with Gasteiger partial charge < -0.3 is 4.98 Å². The number of pyridine rings is 1. The van der Waals surface area contributed by atoms with Crippen molar-refractivity contribution < 1.29 is 0 Å². The first-order chi connectivity index (χ1) is 16.2. The van der Waals surface area contributed by atoms with Crippen LogP contribution in [-0.2, 0) is 12.1 Å². The number of hydrogen-bond donors (Lipinski definition) is 1. The lowest BCUT2D eigenvalue weighted by molar-refractivity contribution is 0.0779. The molecular weight excluding hydrogens is 424 g/mol. The maximum absolute atomic E-state index is 13.2. The third-order valence-corrected chi connectivity index (χ3v) is 7.32. The van der Waals surface area contributed by atoms with Gasteiger partial charge in [0.1, 0.15) is 0 Å². The van der Waals surface area contributed by atoms with Gasteiger partial charge in [-0.2, -0.15) is 0 Å². The van der Waals surface area contributed by atoms with Crippen molar-refractivity contribution in [3.63, 3.8) is 0 Å².